The van der Waals surface area contributed by atoms with Gasteiger partial charge in [-0.25, -0.2) is 0 Å². The third-order valence-electron chi connectivity index (χ3n) is 5.90. The number of carboxylic acid groups (broad SMARTS) is 1. The van der Waals surface area contributed by atoms with E-state index in [9.17, 15) is 14.7 Å². The van der Waals surface area contributed by atoms with E-state index in [0.717, 1.165) is 22.5 Å². The molecule has 0 fully saturated rings. The first-order chi connectivity index (χ1) is 16.5. The fraction of sp³-hybridized carbons (Fsp3) is 0.185. The minimum absolute atomic E-state index is 0.0904. The highest BCUT2D eigenvalue weighted by Crippen LogP contribution is 2.29. The van der Waals surface area contributed by atoms with Gasteiger partial charge in [-0.3, -0.25) is 14.2 Å². The molecule has 2 N–H and O–H groups in total. The summed E-state index contributed by atoms with van der Waals surface area (Å²) in [6, 6.07) is 22.1. The van der Waals surface area contributed by atoms with Crippen LogP contribution in [0.15, 0.2) is 72.8 Å². The summed E-state index contributed by atoms with van der Waals surface area (Å²) in [5, 5.41) is 13.3. The van der Waals surface area contributed by atoms with Gasteiger partial charge in [-0.2, -0.15) is 0 Å². The van der Waals surface area contributed by atoms with Gasteiger partial charge in [0.2, 0.25) is 0 Å². The van der Waals surface area contributed by atoms with E-state index in [4.69, 9.17) is 9.47 Å². The first kappa shape index (κ1) is 21.6. The monoisotopic (exact) mass is 456 g/mol. The normalized spacial score (nSPS) is 14.7. The number of hydrogen-bond donors (Lipinski definition) is 2. The Labute approximate surface area is 196 Å². The number of aromatic nitrogens is 1. The molecule has 7 nitrogen and oxygen atoms in total. The highest BCUT2D eigenvalue weighted by atomic mass is 16.5. The lowest BCUT2D eigenvalue weighted by atomic mass is 10.1. The molecule has 1 aliphatic rings. The number of carbonyl (C=O) groups is 2. The van der Waals surface area contributed by atoms with Crippen molar-refractivity contribution < 1.29 is 24.2 Å². The van der Waals surface area contributed by atoms with Gasteiger partial charge in [0.05, 0.1) is 24.2 Å². The molecule has 34 heavy (non-hydrogen) atoms. The molecule has 172 valence electrons. The number of aryl methyl sites for hydroxylation is 1. The van der Waals surface area contributed by atoms with E-state index >= 15 is 0 Å². The summed E-state index contributed by atoms with van der Waals surface area (Å²) in [5.74, 6) is 0.377. The zero-order chi connectivity index (χ0) is 23.7. The third-order valence-corrected chi connectivity index (χ3v) is 5.90. The molecular formula is C27H24N2O5. The Morgan fingerprint density at radius 1 is 1.09 bits per heavy atom. The maximum Gasteiger partial charge on any atom is 0.307 e. The summed E-state index contributed by atoms with van der Waals surface area (Å²) in [6.07, 6.45) is -0.211. The van der Waals surface area contributed by atoms with Gasteiger partial charge in [0.1, 0.15) is 24.2 Å². The first-order valence-electron chi connectivity index (χ1n) is 11.1. The number of carboxylic acids is 1. The summed E-state index contributed by atoms with van der Waals surface area (Å²) in [7, 11) is 0. The topological polar surface area (TPSA) is 89.8 Å². The van der Waals surface area contributed by atoms with E-state index in [1.54, 1.807) is 41.0 Å². The number of benzene rings is 3. The Morgan fingerprint density at radius 2 is 1.88 bits per heavy atom. The largest absolute Gasteiger partial charge is 0.490 e. The van der Waals surface area contributed by atoms with Gasteiger partial charge in [0, 0.05) is 16.6 Å². The molecule has 1 aromatic heterocycles. The quantitative estimate of drug-likeness (QED) is 0.444. The number of nitrogens with one attached hydrogen (secondary N) is 1. The number of ether oxygens (including phenoxy) is 2. The number of fused-ring (bicyclic) bond motifs is 2. The molecule has 0 spiro atoms. The molecule has 4 aromatic rings. The van der Waals surface area contributed by atoms with Gasteiger partial charge >= 0.3 is 5.97 Å². The molecule has 0 saturated carbocycles. The highest BCUT2D eigenvalue weighted by molar-refractivity contribution is 6.04. The number of hydrogen-bond acceptors (Lipinski definition) is 5. The Hall–Kier alpha value is -4.26. The Bertz CT molecular complexity index is 1370. The average molecular weight is 456 g/mol. The van der Waals surface area contributed by atoms with Crippen molar-refractivity contribution in [1.29, 1.82) is 0 Å². The third kappa shape index (κ3) is 4.20. The van der Waals surface area contributed by atoms with Crippen LogP contribution in [0.1, 0.15) is 21.6 Å². The lowest BCUT2D eigenvalue weighted by Crippen LogP contribution is -2.35. The van der Waals surface area contributed by atoms with Gasteiger partial charge in [0.15, 0.2) is 0 Å². The average Bonchev–Trinajstić information content (AvgIpc) is 3.19. The zero-order valence-corrected chi connectivity index (χ0v) is 18.7. The standard InChI is InChI=1S/C27H24N2O5/c1-17-13-22-19(14-26(30)31)5-4-7-24(22)29(17)27(32)18-9-11-20(12-10-18)33-16-21-15-28-23-6-2-3-8-25(23)34-21/h2-13,21,28H,14-16H2,1H3,(H,30,31). The van der Waals surface area contributed by atoms with Crippen LogP contribution in [-0.2, 0) is 11.2 Å². The summed E-state index contributed by atoms with van der Waals surface area (Å²) in [4.78, 5) is 24.5. The first-order valence-corrected chi connectivity index (χ1v) is 11.1. The van der Waals surface area contributed by atoms with Crippen molar-refractivity contribution >= 4 is 28.5 Å². The molecule has 5 rings (SSSR count). The molecule has 0 amide bonds. The Morgan fingerprint density at radius 3 is 2.68 bits per heavy atom. The van der Waals surface area contributed by atoms with E-state index in [-0.39, 0.29) is 18.4 Å². The number of para-hydroxylation sites is 2. The van der Waals surface area contributed by atoms with Crippen molar-refractivity contribution in [2.45, 2.75) is 19.4 Å². The summed E-state index contributed by atoms with van der Waals surface area (Å²) < 4.78 is 13.5. The van der Waals surface area contributed by atoms with Gasteiger partial charge in [-0.1, -0.05) is 24.3 Å². The molecule has 3 aromatic carbocycles. The van der Waals surface area contributed by atoms with E-state index in [2.05, 4.69) is 5.32 Å². The second-order valence-electron chi connectivity index (χ2n) is 8.30. The van der Waals surface area contributed by atoms with Crippen LogP contribution in [0.25, 0.3) is 10.9 Å². The van der Waals surface area contributed by atoms with Gasteiger partial charge < -0.3 is 19.9 Å². The van der Waals surface area contributed by atoms with Crippen molar-refractivity contribution in [2.75, 3.05) is 18.5 Å². The predicted octanol–water partition coefficient (Wildman–Crippen LogP) is 4.52. The van der Waals surface area contributed by atoms with Crippen LogP contribution in [0.2, 0.25) is 0 Å². The summed E-state index contributed by atoms with van der Waals surface area (Å²) in [6.45, 7) is 2.87. The molecule has 1 atom stereocenters. The lowest BCUT2D eigenvalue weighted by Gasteiger charge is -2.27. The van der Waals surface area contributed by atoms with E-state index in [0.29, 0.717) is 35.5 Å². The molecule has 2 heterocycles. The Balaban J connectivity index is 1.29. The maximum atomic E-state index is 13.3. The van der Waals surface area contributed by atoms with Crippen molar-refractivity contribution in [3.8, 4) is 11.5 Å². The smallest absolute Gasteiger partial charge is 0.307 e. The highest BCUT2D eigenvalue weighted by Gasteiger charge is 2.20. The Kier molecular flexibility index (Phi) is 5.67. The number of nitrogens with zero attached hydrogens (tertiary/aromatic N) is 1. The van der Waals surface area contributed by atoms with Crippen LogP contribution in [0.4, 0.5) is 5.69 Å². The second-order valence-corrected chi connectivity index (χ2v) is 8.30. The van der Waals surface area contributed by atoms with Crippen LogP contribution in [0, 0.1) is 6.92 Å². The van der Waals surface area contributed by atoms with Crippen LogP contribution in [0.5, 0.6) is 11.5 Å². The lowest BCUT2D eigenvalue weighted by molar-refractivity contribution is -0.136. The molecule has 0 saturated heterocycles. The van der Waals surface area contributed by atoms with Gasteiger partial charge in [-0.05, 0) is 61.0 Å². The zero-order valence-electron chi connectivity index (χ0n) is 18.7. The molecule has 1 unspecified atom stereocenters. The summed E-state index contributed by atoms with van der Waals surface area (Å²) >= 11 is 0. The van der Waals surface area contributed by atoms with Crippen molar-refractivity contribution in [2.24, 2.45) is 0 Å². The fourth-order valence-electron chi connectivity index (χ4n) is 4.28. The minimum Gasteiger partial charge on any atom is -0.490 e. The number of aliphatic carboxylic acids is 1. The van der Waals surface area contributed by atoms with Crippen LogP contribution >= 0.6 is 0 Å². The molecule has 1 aliphatic heterocycles. The molecule has 0 radical (unpaired) electrons. The van der Waals surface area contributed by atoms with Crippen molar-refractivity contribution in [3.05, 3.63) is 89.6 Å². The van der Waals surface area contributed by atoms with Gasteiger partial charge in [0.25, 0.3) is 5.91 Å². The number of carbonyl (C=O) groups excluding carboxylic acids is 1. The second kappa shape index (κ2) is 8.94. The van der Waals surface area contributed by atoms with Gasteiger partial charge in [-0.15, -0.1) is 0 Å². The molecular weight excluding hydrogens is 432 g/mol. The van der Waals surface area contributed by atoms with E-state index in [1.165, 1.54) is 0 Å². The van der Waals surface area contributed by atoms with Crippen LogP contribution in [-0.4, -0.2) is 40.8 Å². The van der Waals surface area contributed by atoms with Crippen LogP contribution in [0.3, 0.4) is 0 Å². The molecule has 0 aliphatic carbocycles. The minimum atomic E-state index is -0.904. The van der Waals surface area contributed by atoms with Crippen molar-refractivity contribution in [1.82, 2.24) is 4.57 Å². The summed E-state index contributed by atoms with van der Waals surface area (Å²) in [5.41, 5.74) is 3.63. The van der Waals surface area contributed by atoms with E-state index < -0.39 is 5.97 Å². The molecule has 0 bridgehead atoms. The SMILES string of the molecule is Cc1cc2c(CC(=O)O)cccc2n1C(=O)c1ccc(OCC2CNc3ccccc3O2)cc1. The van der Waals surface area contributed by atoms with E-state index in [1.807, 2.05) is 43.3 Å². The number of anilines is 1. The number of rotatable bonds is 6. The maximum absolute atomic E-state index is 13.3. The molecule has 7 heteroatoms. The van der Waals surface area contributed by atoms with Crippen LogP contribution < -0.4 is 14.8 Å². The predicted molar refractivity (Wildman–Crippen MR) is 129 cm³/mol. The fourth-order valence-corrected chi connectivity index (χ4v) is 4.28. The van der Waals surface area contributed by atoms with Crippen molar-refractivity contribution in [3.63, 3.8) is 0 Å².